The molecule has 0 saturated carbocycles. The van der Waals surface area contributed by atoms with Gasteiger partial charge in [-0.1, -0.05) is 29.8 Å². The van der Waals surface area contributed by atoms with E-state index < -0.39 is 36.6 Å². The van der Waals surface area contributed by atoms with Gasteiger partial charge in [-0.3, -0.25) is 4.79 Å². The molecule has 1 aliphatic rings. The van der Waals surface area contributed by atoms with E-state index in [1.54, 1.807) is 64.2 Å². The number of ether oxygens (including phenoxy) is 2. The molecule has 2 aromatic rings. The molecule has 0 aliphatic carbocycles. The van der Waals surface area contributed by atoms with E-state index in [-0.39, 0.29) is 6.61 Å². The van der Waals surface area contributed by atoms with Gasteiger partial charge in [0.25, 0.3) is 11.8 Å². The number of hydrogen-bond donors (Lipinski definition) is 0. The molecule has 0 atom stereocenters. The average Bonchev–Trinajstić information content (AvgIpc) is 2.71. The molecule has 0 bridgehead atoms. The molecule has 2 amide bonds. The van der Waals surface area contributed by atoms with E-state index in [0.29, 0.717) is 22.9 Å². The van der Waals surface area contributed by atoms with Gasteiger partial charge in [0.05, 0.1) is 24.7 Å². The number of likely N-dealkylation sites (tertiary alicyclic amines) is 1. The van der Waals surface area contributed by atoms with Crippen LogP contribution in [-0.2, 0) is 4.74 Å². The number of carbonyl (C=O) groups excluding carboxylic acids is 2. The standard InChI is InChI=1S/C24H27ClF2N2O4/c1-23(2,3)33-22(31)28(4)11-12-32-20-10-9-18(13-19(20)25)16-5-7-17(8-6-16)21(30)29-14-24(26,27)15-29/h5-10,13H,11-12,14-15H2,1-4H3. The van der Waals surface area contributed by atoms with Gasteiger partial charge in [-0.2, -0.15) is 0 Å². The van der Waals surface area contributed by atoms with Gasteiger partial charge in [0.1, 0.15) is 18.0 Å². The van der Waals surface area contributed by atoms with E-state index in [9.17, 15) is 18.4 Å². The Balaban J connectivity index is 1.56. The van der Waals surface area contributed by atoms with Gasteiger partial charge in [-0.25, -0.2) is 13.6 Å². The van der Waals surface area contributed by atoms with Crippen molar-refractivity contribution in [1.82, 2.24) is 9.80 Å². The lowest BCUT2D eigenvalue weighted by Gasteiger charge is -2.38. The highest BCUT2D eigenvalue weighted by atomic mass is 35.5. The van der Waals surface area contributed by atoms with Crippen LogP contribution in [0.2, 0.25) is 5.02 Å². The molecule has 0 spiro atoms. The molecular formula is C24H27ClF2N2O4. The van der Waals surface area contributed by atoms with Crippen molar-refractivity contribution in [2.75, 3.05) is 33.3 Å². The number of alkyl halides is 2. The van der Waals surface area contributed by atoms with Crippen LogP contribution in [0, 0.1) is 0 Å². The quantitative estimate of drug-likeness (QED) is 0.559. The minimum atomic E-state index is -2.79. The van der Waals surface area contributed by atoms with Crippen LogP contribution in [0.1, 0.15) is 31.1 Å². The maximum absolute atomic E-state index is 13.0. The number of halogens is 3. The lowest BCUT2D eigenvalue weighted by atomic mass is 10.0. The highest BCUT2D eigenvalue weighted by molar-refractivity contribution is 6.32. The van der Waals surface area contributed by atoms with Crippen molar-refractivity contribution >= 4 is 23.6 Å². The molecule has 1 aliphatic heterocycles. The SMILES string of the molecule is CN(CCOc1ccc(-c2ccc(C(=O)N3CC(F)(F)C3)cc2)cc1Cl)C(=O)OC(C)(C)C. The fourth-order valence-corrected chi connectivity index (χ4v) is 3.40. The predicted molar refractivity (Wildman–Crippen MR) is 122 cm³/mol. The third-order valence-corrected chi connectivity index (χ3v) is 5.21. The Morgan fingerprint density at radius 2 is 1.70 bits per heavy atom. The molecule has 1 saturated heterocycles. The van der Waals surface area contributed by atoms with Gasteiger partial charge in [0.2, 0.25) is 0 Å². The Bertz CT molecular complexity index is 1010. The van der Waals surface area contributed by atoms with Crippen LogP contribution in [0.25, 0.3) is 11.1 Å². The van der Waals surface area contributed by atoms with Gasteiger partial charge in [-0.05, 0) is 56.2 Å². The largest absolute Gasteiger partial charge is 0.490 e. The fourth-order valence-electron chi connectivity index (χ4n) is 3.16. The van der Waals surface area contributed by atoms with Crippen LogP contribution < -0.4 is 4.74 Å². The molecule has 0 radical (unpaired) electrons. The summed E-state index contributed by atoms with van der Waals surface area (Å²) in [5, 5.41) is 0.399. The number of likely N-dealkylation sites (N-methyl/N-ethyl adjacent to an activating group) is 1. The van der Waals surface area contributed by atoms with Gasteiger partial charge in [0.15, 0.2) is 0 Å². The van der Waals surface area contributed by atoms with Crippen molar-refractivity contribution in [3.8, 4) is 16.9 Å². The van der Waals surface area contributed by atoms with Crippen LogP contribution in [-0.4, -0.2) is 66.6 Å². The molecule has 33 heavy (non-hydrogen) atoms. The summed E-state index contributed by atoms with van der Waals surface area (Å²) in [6, 6.07) is 12.0. The first-order valence-corrected chi connectivity index (χ1v) is 10.9. The summed E-state index contributed by atoms with van der Waals surface area (Å²) in [6.45, 7) is 4.88. The third kappa shape index (κ3) is 6.57. The normalized spacial score (nSPS) is 14.9. The Hall–Kier alpha value is -2.87. The van der Waals surface area contributed by atoms with Crippen molar-refractivity contribution < 1.29 is 27.8 Å². The average molecular weight is 481 g/mol. The van der Waals surface area contributed by atoms with Crippen LogP contribution in [0.15, 0.2) is 42.5 Å². The molecule has 0 N–H and O–H groups in total. The van der Waals surface area contributed by atoms with Gasteiger partial charge >= 0.3 is 6.09 Å². The van der Waals surface area contributed by atoms with E-state index in [0.717, 1.165) is 16.0 Å². The summed E-state index contributed by atoms with van der Waals surface area (Å²) < 4.78 is 37.0. The van der Waals surface area contributed by atoms with Crippen molar-refractivity contribution in [3.63, 3.8) is 0 Å². The highest BCUT2D eigenvalue weighted by Crippen LogP contribution is 2.32. The first-order chi connectivity index (χ1) is 15.3. The predicted octanol–water partition coefficient (Wildman–Crippen LogP) is 5.34. The number of hydrogen-bond acceptors (Lipinski definition) is 4. The minimum Gasteiger partial charge on any atom is -0.490 e. The minimum absolute atomic E-state index is 0.237. The fraction of sp³-hybridized carbons (Fsp3) is 0.417. The summed E-state index contributed by atoms with van der Waals surface area (Å²) in [7, 11) is 1.63. The van der Waals surface area contributed by atoms with E-state index in [1.807, 2.05) is 6.07 Å². The number of carbonyl (C=O) groups is 2. The molecular weight excluding hydrogens is 454 g/mol. The zero-order chi connectivity index (χ0) is 24.4. The second-order valence-electron chi connectivity index (χ2n) is 8.99. The van der Waals surface area contributed by atoms with Crippen molar-refractivity contribution in [3.05, 3.63) is 53.1 Å². The molecule has 178 valence electrons. The summed E-state index contributed by atoms with van der Waals surface area (Å²) in [4.78, 5) is 26.8. The zero-order valence-corrected chi connectivity index (χ0v) is 19.8. The topological polar surface area (TPSA) is 59.1 Å². The Kier molecular flexibility index (Phi) is 7.17. The molecule has 2 aromatic carbocycles. The second-order valence-corrected chi connectivity index (χ2v) is 9.40. The smallest absolute Gasteiger partial charge is 0.410 e. The summed E-state index contributed by atoms with van der Waals surface area (Å²) in [5.74, 6) is -2.73. The summed E-state index contributed by atoms with van der Waals surface area (Å²) in [5.41, 5.74) is 1.42. The number of rotatable bonds is 6. The third-order valence-electron chi connectivity index (χ3n) is 4.92. The first kappa shape index (κ1) is 24.8. The molecule has 3 rings (SSSR count). The van der Waals surface area contributed by atoms with Gasteiger partial charge in [-0.15, -0.1) is 0 Å². The van der Waals surface area contributed by atoms with Gasteiger partial charge in [0, 0.05) is 12.6 Å². The number of amides is 2. The number of nitrogens with zero attached hydrogens (tertiary/aromatic N) is 2. The Morgan fingerprint density at radius 1 is 1.09 bits per heavy atom. The molecule has 9 heteroatoms. The van der Waals surface area contributed by atoms with Crippen LogP contribution >= 0.6 is 11.6 Å². The van der Waals surface area contributed by atoms with Crippen LogP contribution in [0.4, 0.5) is 13.6 Å². The maximum Gasteiger partial charge on any atom is 0.410 e. The van der Waals surface area contributed by atoms with E-state index in [1.165, 1.54) is 4.90 Å². The Labute approximate surface area is 197 Å². The second kappa shape index (κ2) is 9.55. The van der Waals surface area contributed by atoms with E-state index in [2.05, 4.69) is 0 Å². The number of benzene rings is 2. The van der Waals surface area contributed by atoms with E-state index in [4.69, 9.17) is 21.1 Å². The highest BCUT2D eigenvalue weighted by Gasteiger charge is 2.46. The van der Waals surface area contributed by atoms with Crippen LogP contribution in [0.5, 0.6) is 5.75 Å². The maximum atomic E-state index is 13.0. The lowest BCUT2D eigenvalue weighted by molar-refractivity contribution is -0.113. The Morgan fingerprint density at radius 3 is 2.24 bits per heavy atom. The lowest BCUT2D eigenvalue weighted by Crippen LogP contribution is -2.58. The van der Waals surface area contributed by atoms with Crippen molar-refractivity contribution in [2.45, 2.75) is 32.3 Å². The van der Waals surface area contributed by atoms with Crippen LogP contribution in [0.3, 0.4) is 0 Å². The van der Waals surface area contributed by atoms with Crippen molar-refractivity contribution in [1.29, 1.82) is 0 Å². The molecule has 1 fully saturated rings. The van der Waals surface area contributed by atoms with Crippen molar-refractivity contribution in [2.24, 2.45) is 0 Å². The molecule has 6 nitrogen and oxygen atoms in total. The molecule has 0 aromatic heterocycles. The summed E-state index contributed by atoms with van der Waals surface area (Å²) in [6.07, 6.45) is -0.433. The zero-order valence-electron chi connectivity index (χ0n) is 19.0. The molecule has 1 heterocycles. The molecule has 0 unspecified atom stereocenters. The van der Waals surface area contributed by atoms with Gasteiger partial charge < -0.3 is 19.3 Å². The monoisotopic (exact) mass is 480 g/mol. The first-order valence-electron chi connectivity index (χ1n) is 10.5. The van der Waals surface area contributed by atoms with E-state index >= 15 is 0 Å². The summed E-state index contributed by atoms with van der Waals surface area (Å²) >= 11 is 6.36.